The minimum absolute atomic E-state index is 0.448. The Balaban J connectivity index is -0.000000119. The van der Waals surface area contributed by atoms with Gasteiger partial charge in [0.15, 0.2) is 0 Å². The third kappa shape index (κ3) is 88.4. The number of carbonyl (C=O) groups excluding carboxylic acids is 2. The number of carbonyl (C=O) groups is 2. The van der Waals surface area contributed by atoms with E-state index >= 15 is 0 Å². The quantitative estimate of drug-likeness (QED) is 0.403. The second-order valence-corrected chi connectivity index (χ2v) is 3.88. The van der Waals surface area contributed by atoms with Crippen molar-refractivity contribution in [2.75, 3.05) is 26.9 Å². The second kappa shape index (κ2) is 36.3. The average Bonchev–Trinajstić information content (AvgIpc) is 2.48. The van der Waals surface area contributed by atoms with Gasteiger partial charge in [-0.3, -0.25) is 9.59 Å². The number of rotatable bonds is 9. The molecule has 128 valence electrons. The molecule has 0 rings (SSSR count). The third-order valence-corrected chi connectivity index (χ3v) is 1.52. The normalized spacial score (nSPS) is 7.52. The van der Waals surface area contributed by atoms with E-state index in [9.17, 15) is 9.59 Å². The second-order valence-electron chi connectivity index (χ2n) is 3.88. The van der Waals surface area contributed by atoms with Gasteiger partial charge >= 0.3 is 0 Å². The summed E-state index contributed by atoms with van der Waals surface area (Å²) in [6.07, 6.45) is 3.44. The van der Waals surface area contributed by atoms with Gasteiger partial charge < -0.3 is 14.8 Å². The van der Waals surface area contributed by atoms with Gasteiger partial charge in [0, 0.05) is 20.3 Å². The number of ether oxygens (including phenoxy) is 2. The molecule has 0 aromatic carbocycles. The molecule has 0 spiro atoms. The van der Waals surface area contributed by atoms with Gasteiger partial charge in [-0.15, -0.1) is 6.58 Å². The fraction of sp³-hybridized carbons (Fsp3) is 0.750. The Hall–Kier alpha value is -1.36. The van der Waals surface area contributed by atoms with Crippen LogP contribution in [0.25, 0.3) is 0 Å². The van der Waals surface area contributed by atoms with E-state index in [1.54, 1.807) is 7.11 Å². The van der Waals surface area contributed by atoms with Crippen molar-refractivity contribution in [2.24, 2.45) is 0 Å². The van der Waals surface area contributed by atoms with Crippen LogP contribution < -0.4 is 5.32 Å². The molecule has 5 nitrogen and oxygen atoms in total. The maximum Gasteiger partial charge on any atom is 0.293 e. The molecule has 0 atom stereocenters. The Morgan fingerprint density at radius 2 is 1.62 bits per heavy atom. The van der Waals surface area contributed by atoms with Crippen LogP contribution in [0.4, 0.5) is 0 Å². The number of methoxy groups -OCH3 is 1. The molecule has 0 aliphatic heterocycles. The van der Waals surface area contributed by atoms with E-state index in [4.69, 9.17) is 0 Å². The number of nitrogens with one attached hydrogen (secondary N) is 1. The van der Waals surface area contributed by atoms with Crippen molar-refractivity contribution in [1.82, 2.24) is 5.32 Å². The van der Waals surface area contributed by atoms with Crippen molar-refractivity contribution in [1.29, 1.82) is 0 Å². The van der Waals surface area contributed by atoms with Gasteiger partial charge in [0.05, 0.1) is 6.61 Å². The maximum absolute atomic E-state index is 9.76. The number of hydrogen-bond donors (Lipinski definition) is 1. The molecular formula is C16H35NO4. The molecule has 0 aromatic rings. The first kappa shape index (κ1) is 27.9. The van der Waals surface area contributed by atoms with Crippen LogP contribution in [-0.4, -0.2) is 39.8 Å². The maximum atomic E-state index is 9.76. The number of unbranched alkanes of at least 4 members (excludes halogenated alkanes) is 2. The zero-order chi connectivity index (χ0) is 17.4. The predicted molar refractivity (Wildman–Crippen MR) is 89.3 cm³/mol. The molecule has 0 fully saturated rings. The van der Waals surface area contributed by atoms with Gasteiger partial charge in [0.2, 0.25) is 6.41 Å². The van der Waals surface area contributed by atoms with Crippen molar-refractivity contribution in [3.05, 3.63) is 12.2 Å². The van der Waals surface area contributed by atoms with E-state index in [2.05, 4.69) is 21.4 Å². The number of amides is 1. The molecule has 0 unspecified atom stereocenters. The van der Waals surface area contributed by atoms with Crippen LogP contribution in [-0.2, 0) is 19.1 Å². The lowest BCUT2D eigenvalue weighted by Crippen LogP contribution is -2.11. The SMILES string of the molecule is C=C(C)C.CC.CCOC.O=CNCCCCCOC=O. The van der Waals surface area contributed by atoms with Crippen LogP contribution in [0.15, 0.2) is 12.2 Å². The van der Waals surface area contributed by atoms with Gasteiger partial charge in [-0.05, 0) is 40.0 Å². The van der Waals surface area contributed by atoms with Gasteiger partial charge in [-0.2, -0.15) is 0 Å². The molecule has 5 heteroatoms. The molecular weight excluding hydrogens is 270 g/mol. The fourth-order valence-electron chi connectivity index (χ4n) is 0.696. The minimum Gasteiger partial charge on any atom is -0.468 e. The highest BCUT2D eigenvalue weighted by Crippen LogP contribution is 1.92. The third-order valence-electron chi connectivity index (χ3n) is 1.52. The number of hydrogen-bond acceptors (Lipinski definition) is 4. The molecule has 0 saturated carbocycles. The molecule has 0 bridgehead atoms. The van der Waals surface area contributed by atoms with Crippen molar-refractivity contribution < 1.29 is 19.1 Å². The average molecular weight is 305 g/mol. The van der Waals surface area contributed by atoms with Crippen molar-refractivity contribution in [3.8, 4) is 0 Å². The van der Waals surface area contributed by atoms with Crippen LogP contribution in [0.5, 0.6) is 0 Å². The first-order valence-corrected chi connectivity index (χ1v) is 7.40. The summed E-state index contributed by atoms with van der Waals surface area (Å²) in [5.74, 6) is 0. The van der Waals surface area contributed by atoms with E-state index < -0.39 is 0 Å². The zero-order valence-corrected chi connectivity index (χ0v) is 14.7. The molecule has 0 aromatic heterocycles. The summed E-state index contributed by atoms with van der Waals surface area (Å²) >= 11 is 0. The highest BCUT2D eigenvalue weighted by atomic mass is 16.5. The van der Waals surface area contributed by atoms with Gasteiger partial charge in [-0.1, -0.05) is 19.4 Å². The van der Waals surface area contributed by atoms with Crippen LogP contribution >= 0.6 is 0 Å². The van der Waals surface area contributed by atoms with Crippen LogP contribution in [0.3, 0.4) is 0 Å². The fourth-order valence-corrected chi connectivity index (χ4v) is 0.696. The Morgan fingerprint density at radius 1 is 1.14 bits per heavy atom. The summed E-state index contributed by atoms with van der Waals surface area (Å²) in [7, 11) is 1.68. The zero-order valence-electron chi connectivity index (χ0n) is 14.7. The molecule has 0 heterocycles. The van der Waals surface area contributed by atoms with E-state index in [0.29, 0.717) is 26.0 Å². The Morgan fingerprint density at radius 3 is 1.95 bits per heavy atom. The van der Waals surface area contributed by atoms with Crippen LogP contribution in [0.2, 0.25) is 0 Å². The lowest BCUT2D eigenvalue weighted by Gasteiger charge is -1.98. The van der Waals surface area contributed by atoms with E-state index in [0.717, 1.165) is 25.9 Å². The summed E-state index contributed by atoms with van der Waals surface area (Å²) in [5, 5.41) is 2.55. The first-order chi connectivity index (χ1) is 10.1. The summed E-state index contributed by atoms with van der Waals surface area (Å²) in [4.78, 5) is 19.4. The number of allylic oxidation sites excluding steroid dienone is 1. The van der Waals surface area contributed by atoms with Crippen molar-refractivity contribution in [3.63, 3.8) is 0 Å². The Labute approximate surface area is 131 Å². The smallest absolute Gasteiger partial charge is 0.293 e. The van der Waals surface area contributed by atoms with Gasteiger partial charge in [0.25, 0.3) is 6.47 Å². The standard InChI is InChI=1S/C7H13NO3.C4H8.C3H8O.C2H6/c9-6-8-4-2-1-3-5-11-7-10;1-4(2)3;1-3-4-2;1-2/h6-7H,1-5H2,(H,8,9);1H2,2-3H3;3H2,1-2H3;1-2H3. The first-order valence-electron chi connectivity index (χ1n) is 7.40. The Kier molecular flexibility index (Phi) is 48.2. The molecule has 0 aliphatic rings. The topological polar surface area (TPSA) is 64.6 Å². The van der Waals surface area contributed by atoms with Gasteiger partial charge in [-0.25, -0.2) is 0 Å². The molecule has 1 amide bonds. The molecule has 0 radical (unpaired) electrons. The van der Waals surface area contributed by atoms with E-state index in [1.807, 2.05) is 34.6 Å². The molecule has 1 N–H and O–H groups in total. The lowest BCUT2D eigenvalue weighted by molar-refractivity contribution is -0.128. The van der Waals surface area contributed by atoms with E-state index in [1.165, 1.54) is 5.57 Å². The predicted octanol–water partition coefficient (Wildman–Crippen LogP) is 3.34. The monoisotopic (exact) mass is 305 g/mol. The Bertz CT molecular complexity index is 179. The molecule has 0 saturated heterocycles. The minimum atomic E-state index is 0.448. The van der Waals surface area contributed by atoms with Gasteiger partial charge in [0.1, 0.15) is 0 Å². The highest BCUT2D eigenvalue weighted by molar-refractivity contribution is 5.45. The molecule has 0 aliphatic carbocycles. The summed E-state index contributed by atoms with van der Waals surface area (Å²) in [6, 6.07) is 0. The van der Waals surface area contributed by atoms with E-state index in [-0.39, 0.29) is 0 Å². The van der Waals surface area contributed by atoms with Crippen molar-refractivity contribution >= 4 is 12.9 Å². The largest absolute Gasteiger partial charge is 0.468 e. The molecule has 21 heavy (non-hydrogen) atoms. The summed E-state index contributed by atoms with van der Waals surface area (Å²) < 4.78 is 9.01. The van der Waals surface area contributed by atoms with Crippen LogP contribution in [0.1, 0.15) is 53.9 Å². The van der Waals surface area contributed by atoms with Crippen LogP contribution in [0, 0.1) is 0 Å². The highest BCUT2D eigenvalue weighted by Gasteiger charge is 1.88. The lowest BCUT2D eigenvalue weighted by atomic mass is 10.2. The van der Waals surface area contributed by atoms with Crippen molar-refractivity contribution in [2.45, 2.75) is 53.9 Å². The summed E-state index contributed by atoms with van der Waals surface area (Å²) in [6.45, 7) is 15.9. The summed E-state index contributed by atoms with van der Waals surface area (Å²) in [5.41, 5.74) is 1.17.